The summed E-state index contributed by atoms with van der Waals surface area (Å²) >= 11 is 0. The number of morpholine rings is 1. The molecular weight excluding hydrogens is 344 g/mol. The Morgan fingerprint density at radius 3 is 2.42 bits per heavy atom. The monoisotopic (exact) mass is 365 g/mol. The number of nitrogens with zero attached hydrogens (tertiary/aromatic N) is 2. The smallest absolute Gasteiger partial charge is 0.272 e. The number of nitro groups is 1. The first-order valence-electron chi connectivity index (χ1n) is 8.11. The SMILES string of the molecule is Cc1ccc([N+](=O)[O-])cc1F.Nc1ccc(CN2CCOCC2)c(F)c1. The van der Waals surface area contributed by atoms with E-state index in [9.17, 15) is 18.9 Å². The highest BCUT2D eigenvalue weighted by Crippen LogP contribution is 2.15. The third kappa shape index (κ3) is 5.75. The maximum Gasteiger partial charge on any atom is 0.272 e. The topological polar surface area (TPSA) is 81.6 Å². The number of rotatable bonds is 3. The van der Waals surface area contributed by atoms with Gasteiger partial charge in [-0.3, -0.25) is 15.0 Å². The Kier molecular flexibility index (Phi) is 6.99. The third-order valence-corrected chi connectivity index (χ3v) is 3.94. The van der Waals surface area contributed by atoms with Crippen LogP contribution >= 0.6 is 0 Å². The first-order valence-corrected chi connectivity index (χ1v) is 8.11. The van der Waals surface area contributed by atoms with E-state index in [0.717, 1.165) is 32.4 Å². The zero-order valence-electron chi connectivity index (χ0n) is 14.5. The van der Waals surface area contributed by atoms with Crippen LogP contribution in [0, 0.1) is 28.7 Å². The molecule has 0 radical (unpaired) electrons. The van der Waals surface area contributed by atoms with Crippen molar-refractivity contribution in [3.63, 3.8) is 0 Å². The summed E-state index contributed by atoms with van der Waals surface area (Å²) in [5, 5.41) is 10.1. The van der Waals surface area contributed by atoms with Gasteiger partial charge >= 0.3 is 0 Å². The van der Waals surface area contributed by atoms with Crippen LogP contribution in [0.1, 0.15) is 11.1 Å². The highest BCUT2D eigenvalue weighted by Gasteiger charge is 2.12. The maximum atomic E-state index is 13.5. The molecule has 1 aliphatic heterocycles. The first kappa shape index (κ1) is 19.7. The van der Waals surface area contributed by atoms with E-state index in [4.69, 9.17) is 10.5 Å². The van der Waals surface area contributed by atoms with Crippen molar-refractivity contribution >= 4 is 11.4 Å². The van der Waals surface area contributed by atoms with Gasteiger partial charge < -0.3 is 10.5 Å². The number of benzene rings is 2. The van der Waals surface area contributed by atoms with Gasteiger partial charge in [0.2, 0.25) is 0 Å². The molecule has 0 saturated carbocycles. The van der Waals surface area contributed by atoms with E-state index in [0.29, 0.717) is 23.4 Å². The van der Waals surface area contributed by atoms with Gasteiger partial charge in [0, 0.05) is 37.0 Å². The van der Waals surface area contributed by atoms with Crippen molar-refractivity contribution in [2.45, 2.75) is 13.5 Å². The van der Waals surface area contributed by atoms with Crippen molar-refractivity contribution in [3.8, 4) is 0 Å². The highest BCUT2D eigenvalue weighted by atomic mass is 19.1. The summed E-state index contributed by atoms with van der Waals surface area (Å²) in [7, 11) is 0. The molecule has 1 heterocycles. The van der Waals surface area contributed by atoms with E-state index in [1.807, 2.05) is 0 Å². The number of aryl methyl sites for hydroxylation is 1. The average molecular weight is 365 g/mol. The van der Waals surface area contributed by atoms with E-state index >= 15 is 0 Å². The Bertz CT molecular complexity index is 765. The van der Waals surface area contributed by atoms with Gasteiger partial charge in [-0.05, 0) is 30.7 Å². The molecule has 3 rings (SSSR count). The predicted octanol–water partition coefficient (Wildman–Crippen LogP) is 3.28. The fourth-order valence-electron chi connectivity index (χ4n) is 2.39. The molecule has 0 aromatic heterocycles. The molecule has 0 atom stereocenters. The number of ether oxygens (including phenoxy) is 1. The Morgan fingerprint density at radius 2 is 1.85 bits per heavy atom. The zero-order valence-corrected chi connectivity index (χ0v) is 14.5. The number of non-ortho nitro benzene ring substituents is 1. The van der Waals surface area contributed by atoms with Crippen LogP contribution in [-0.4, -0.2) is 36.1 Å². The van der Waals surface area contributed by atoms with Gasteiger partial charge in [0.05, 0.1) is 24.2 Å². The number of anilines is 1. The lowest BCUT2D eigenvalue weighted by Crippen LogP contribution is -2.35. The number of hydrogen-bond acceptors (Lipinski definition) is 5. The van der Waals surface area contributed by atoms with Crippen LogP contribution in [-0.2, 0) is 11.3 Å². The zero-order chi connectivity index (χ0) is 19.1. The van der Waals surface area contributed by atoms with Crippen LogP contribution in [0.5, 0.6) is 0 Å². The number of nitro benzene ring substituents is 1. The number of nitrogen functional groups attached to an aromatic ring is 1. The Hall–Kier alpha value is -2.58. The molecule has 0 spiro atoms. The lowest BCUT2D eigenvalue weighted by atomic mass is 10.1. The largest absolute Gasteiger partial charge is 0.399 e. The van der Waals surface area contributed by atoms with Crippen molar-refractivity contribution < 1.29 is 18.4 Å². The molecule has 1 saturated heterocycles. The molecule has 8 heteroatoms. The molecule has 140 valence electrons. The second-order valence-corrected chi connectivity index (χ2v) is 5.93. The van der Waals surface area contributed by atoms with E-state index in [1.54, 1.807) is 19.1 Å². The fraction of sp³-hybridized carbons (Fsp3) is 0.333. The quantitative estimate of drug-likeness (QED) is 0.513. The Morgan fingerprint density at radius 1 is 1.15 bits per heavy atom. The molecule has 0 unspecified atom stereocenters. The number of hydrogen-bond donors (Lipinski definition) is 1. The molecule has 2 aromatic carbocycles. The molecular formula is C18H21F2N3O3. The minimum absolute atomic E-state index is 0.215. The third-order valence-electron chi connectivity index (χ3n) is 3.94. The second kappa shape index (κ2) is 9.21. The van der Waals surface area contributed by atoms with Gasteiger partial charge in [0.1, 0.15) is 11.6 Å². The average Bonchev–Trinajstić information content (AvgIpc) is 2.61. The molecule has 0 aliphatic carbocycles. The minimum atomic E-state index is -0.622. The van der Waals surface area contributed by atoms with E-state index in [1.165, 1.54) is 18.2 Å². The lowest BCUT2D eigenvalue weighted by molar-refractivity contribution is -0.385. The Labute approximate surface area is 150 Å². The van der Waals surface area contributed by atoms with Gasteiger partial charge in [-0.15, -0.1) is 0 Å². The van der Waals surface area contributed by atoms with Crippen molar-refractivity contribution in [1.82, 2.24) is 4.90 Å². The summed E-state index contributed by atoms with van der Waals surface area (Å²) in [6.07, 6.45) is 0. The van der Waals surface area contributed by atoms with Crippen LogP contribution in [0.4, 0.5) is 20.2 Å². The summed E-state index contributed by atoms with van der Waals surface area (Å²) in [6.45, 7) is 5.38. The normalized spacial score (nSPS) is 14.4. The van der Waals surface area contributed by atoms with Crippen LogP contribution in [0.3, 0.4) is 0 Å². The van der Waals surface area contributed by atoms with Crippen molar-refractivity contribution in [2.24, 2.45) is 0 Å². The molecule has 26 heavy (non-hydrogen) atoms. The summed E-state index contributed by atoms with van der Waals surface area (Å²) in [5.74, 6) is -0.763. The van der Waals surface area contributed by atoms with Gasteiger partial charge in [-0.25, -0.2) is 8.78 Å². The molecule has 6 nitrogen and oxygen atoms in total. The Balaban J connectivity index is 0.000000197. The molecule has 1 fully saturated rings. The highest BCUT2D eigenvalue weighted by molar-refractivity contribution is 5.40. The summed E-state index contributed by atoms with van der Waals surface area (Å²) in [5.41, 5.74) is 6.86. The van der Waals surface area contributed by atoms with E-state index in [2.05, 4.69) is 4.90 Å². The second-order valence-electron chi connectivity index (χ2n) is 5.93. The fourth-order valence-corrected chi connectivity index (χ4v) is 2.39. The van der Waals surface area contributed by atoms with Crippen LogP contribution in [0.2, 0.25) is 0 Å². The van der Waals surface area contributed by atoms with E-state index < -0.39 is 10.7 Å². The predicted molar refractivity (Wildman–Crippen MR) is 94.7 cm³/mol. The standard InChI is InChI=1S/C11H15FN2O.C7H6FNO2/c12-11-7-10(13)2-1-9(11)8-14-3-5-15-6-4-14;1-5-2-3-6(9(10)11)4-7(5)8/h1-2,7H,3-6,8,13H2;2-4H,1H3. The first-order chi connectivity index (χ1) is 12.4. The van der Waals surface area contributed by atoms with Gasteiger partial charge in [-0.2, -0.15) is 0 Å². The summed E-state index contributed by atoms with van der Waals surface area (Å²) < 4.78 is 31.3. The molecule has 0 bridgehead atoms. The van der Waals surface area contributed by atoms with Crippen molar-refractivity contribution in [1.29, 1.82) is 0 Å². The molecule has 2 aromatic rings. The maximum absolute atomic E-state index is 13.5. The minimum Gasteiger partial charge on any atom is -0.399 e. The van der Waals surface area contributed by atoms with Crippen LogP contribution in [0.25, 0.3) is 0 Å². The van der Waals surface area contributed by atoms with Crippen molar-refractivity contribution in [2.75, 3.05) is 32.0 Å². The molecule has 2 N–H and O–H groups in total. The number of halogens is 2. The van der Waals surface area contributed by atoms with E-state index in [-0.39, 0.29) is 11.5 Å². The molecule has 0 amide bonds. The van der Waals surface area contributed by atoms with Crippen LogP contribution in [0.15, 0.2) is 36.4 Å². The summed E-state index contributed by atoms with van der Waals surface area (Å²) in [6, 6.07) is 8.43. The number of nitrogens with two attached hydrogens (primary N) is 1. The lowest BCUT2D eigenvalue weighted by Gasteiger charge is -2.26. The van der Waals surface area contributed by atoms with Crippen molar-refractivity contribution in [3.05, 3.63) is 69.3 Å². The summed E-state index contributed by atoms with van der Waals surface area (Å²) in [4.78, 5) is 11.7. The van der Waals surface area contributed by atoms with Crippen LogP contribution < -0.4 is 5.73 Å². The van der Waals surface area contributed by atoms with Gasteiger partial charge in [0.25, 0.3) is 5.69 Å². The van der Waals surface area contributed by atoms with Gasteiger partial charge in [-0.1, -0.05) is 6.07 Å². The van der Waals surface area contributed by atoms with Gasteiger partial charge in [0.15, 0.2) is 0 Å². The molecule has 1 aliphatic rings.